The summed E-state index contributed by atoms with van der Waals surface area (Å²) in [5.41, 5.74) is 6.75. The number of methoxy groups -OCH3 is 1. The van der Waals surface area contributed by atoms with Crippen molar-refractivity contribution in [2.24, 2.45) is 10.7 Å². The summed E-state index contributed by atoms with van der Waals surface area (Å²) in [5.74, 6) is 3.06. The van der Waals surface area contributed by atoms with Gasteiger partial charge in [-0.1, -0.05) is 0 Å². The van der Waals surface area contributed by atoms with Crippen LogP contribution < -0.4 is 15.8 Å². The van der Waals surface area contributed by atoms with Crippen molar-refractivity contribution < 1.29 is 4.74 Å². The molecular weight excluding hydrogens is 268 g/mol. The zero-order valence-corrected chi connectivity index (χ0v) is 11.9. The highest BCUT2D eigenvalue weighted by Crippen LogP contribution is 2.16. The van der Waals surface area contributed by atoms with Gasteiger partial charge in [0, 0.05) is 18.7 Å². The number of aliphatic imine (C=N–C) groups is 1. The third-order valence-corrected chi connectivity index (χ3v) is 3.44. The van der Waals surface area contributed by atoms with Crippen molar-refractivity contribution in [2.75, 3.05) is 12.4 Å². The molecule has 2 aromatic rings. The van der Waals surface area contributed by atoms with Crippen LogP contribution in [0.15, 0.2) is 29.3 Å². The van der Waals surface area contributed by atoms with E-state index in [2.05, 4.69) is 25.1 Å². The molecule has 2 heterocycles. The highest BCUT2D eigenvalue weighted by molar-refractivity contribution is 5.92. The molecule has 21 heavy (non-hydrogen) atoms. The summed E-state index contributed by atoms with van der Waals surface area (Å²) in [6.07, 6.45) is 2.12. The summed E-state index contributed by atoms with van der Waals surface area (Å²) < 4.78 is 7.22. The Bertz CT molecular complexity index is 646. The summed E-state index contributed by atoms with van der Waals surface area (Å²) in [4.78, 5) is 4.31. The maximum atomic E-state index is 5.89. The standard InChI is InChI=1S/C14H18N6O/c1-21-11-6-4-10(5-7-11)17-14(15)16-9-13-19-18-12-3-2-8-20(12)13/h4-7H,2-3,8-9H2,1H3,(H3,15,16,17). The van der Waals surface area contributed by atoms with Crippen LogP contribution in [-0.2, 0) is 19.5 Å². The second-order valence-corrected chi connectivity index (χ2v) is 4.84. The Kier molecular flexibility index (Phi) is 3.72. The van der Waals surface area contributed by atoms with E-state index in [4.69, 9.17) is 10.5 Å². The van der Waals surface area contributed by atoms with Crippen LogP contribution in [0.3, 0.4) is 0 Å². The molecule has 110 valence electrons. The Balaban J connectivity index is 1.62. The molecule has 7 nitrogen and oxygen atoms in total. The first-order chi connectivity index (χ1) is 10.3. The molecule has 0 radical (unpaired) electrons. The number of nitrogens with two attached hydrogens (primary N) is 1. The lowest BCUT2D eigenvalue weighted by molar-refractivity contribution is 0.415. The fourth-order valence-corrected chi connectivity index (χ4v) is 2.35. The van der Waals surface area contributed by atoms with E-state index in [1.165, 1.54) is 0 Å². The number of fused-ring (bicyclic) bond motifs is 1. The number of guanidine groups is 1. The van der Waals surface area contributed by atoms with E-state index in [0.717, 1.165) is 42.5 Å². The van der Waals surface area contributed by atoms with Gasteiger partial charge in [-0.3, -0.25) is 0 Å². The van der Waals surface area contributed by atoms with Crippen LogP contribution in [0.1, 0.15) is 18.1 Å². The zero-order chi connectivity index (χ0) is 14.7. The predicted molar refractivity (Wildman–Crippen MR) is 80.3 cm³/mol. The molecular formula is C14H18N6O. The number of hydrogen-bond donors (Lipinski definition) is 2. The maximum absolute atomic E-state index is 5.89. The van der Waals surface area contributed by atoms with Crippen LogP contribution in [0, 0.1) is 0 Å². The molecule has 3 rings (SSSR count). The molecule has 0 fully saturated rings. The summed E-state index contributed by atoms with van der Waals surface area (Å²) >= 11 is 0. The molecule has 0 aliphatic carbocycles. The van der Waals surface area contributed by atoms with Crippen molar-refractivity contribution in [1.82, 2.24) is 14.8 Å². The molecule has 7 heteroatoms. The van der Waals surface area contributed by atoms with Gasteiger partial charge in [0.2, 0.25) is 0 Å². The van der Waals surface area contributed by atoms with Gasteiger partial charge in [0.15, 0.2) is 11.8 Å². The van der Waals surface area contributed by atoms with Gasteiger partial charge in [0.1, 0.15) is 18.1 Å². The SMILES string of the molecule is COc1ccc(NC(N)=NCc2nnc3n2CCC3)cc1. The summed E-state index contributed by atoms with van der Waals surface area (Å²) in [6, 6.07) is 7.49. The fraction of sp³-hybridized carbons (Fsp3) is 0.357. The third kappa shape index (κ3) is 2.96. The van der Waals surface area contributed by atoms with Crippen LogP contribution in [0.25, 0.3) is 0 Å². The largest absolute Gasteiger partial charge is 0.497 e. The minimum Gasteiger partial charge on any atom is -0.497 e. The van der Waals surface area contributed by atoms with Crippen molar-refractivity contribution in [3.8, 4) is 5.75 Å². The van der Waals surface area contributed by atoms with Crippen molar-refractivity contribution in [1.29, 1.82) is 0 Å². The molecule has 0 saturated carbocycles. The number of aromatic nitrogens is 3. The molecule has 0 amide bonds. The summed E-state index contributed by atoms with van der Waals surface area (Å²) in [6.45, 7) is 1.40. The van der Waals surface area contributed by atoms with Gasteiger partial charge in [-0.05, 0) is 30.7 Å². The minimum absolute atomic E-state index is 0.357. The molecule has 1 aliphatic rings. The summed E-state index contributed by atoms with van der Waals surface area (Å²) in [5, 5.41) is 11.3. The molecule has 1 aromatic heterocycles. The Morgan fingerprint density at radius 2 is 2.19 bits per heavy atom. The quantitative estimate of drug-likeness (QED) is 0.650. The number of ether oxygens (including phenoxy) is 1. The Morgan fingerprint density at radius 1 is 1.38 bits per heavy atom. The lowest BCUT2D eigenvalue weighted by atomic mass is 10.3. The number of rotatable bonds is 4. The number of aryl methyl sites for hydroxylation is 1. The van der Waals surface area contributed by atoms with Crippen LogP contribution in [0.5, 0.6) is 5.75 Å². The average molecular weight is 286 g/mol. The van der Waals surface area contributed by atoms with Gasteiger partial charge in [-0.15, -0.1) is 10.2 Å². The van der Waals surface area contributed by atoms with Crippen molar-refractivity contribution in [3.05, 3.63) is 35.9 Å². The van der Waals surface area contributed by atoms with E-state index in [1.54, 1.807) is 7.11 Å². The van der Waals surface area contributed by atoms with Gasteiger partial charge >= 0.3 is 0 Å². The molecule has 0 bridgehead atoms. The number of anilines is 1. The van der Waals surface area contributed by atoms with Crippen LogP contribution in [0.2, 0.25) is 0 Å². The van der Waals surface area contributed by atoms with Gasteiger partial charge in [-0.2, -0.15) is 0 Å². The van der Waals surface area contributed by atoms with Crippen molar-refractivity contribution in [3.63, 3.8) is 0 Å². The van der Waals surface area contributed by atoms with Crippen LogP contribution in [-0.4, -0.2) is 27.8 Å². The number of nitrogens with zero attached hydrogens (tertiary/aromatic N) is 4. The number of benzene rings is 1. The lowest BCUT2D eigenvalue weighted by Gasteiger charge is -2.06. The molecule has 0 atom stereocenters. The molecule has 0 spiro atoms. The zero-order valence-electron chi connectivity index (χ0n) is 11.9. The molecule has 1 aliphatic heterocycles. The normalized spacial score (nSPS) is 14.0. The first-order valence-corrected chi connectivity index (χ1v) is 6.88. The average Bonchev–Trinajstić information content (AvgIpc) is 3.09. The molecule has 3 N–H and O–H groups in total. The minimum atomic E-state index is 0.357. The van der Waals surface area contributed by atoms with E-state index in [0.29, 0.717) is 12.5 Å². The second kappa shape index (κ2) is 5.82. The predicted octanol–water partition coefficient (Wildman–Crippen LogP) is 1.16. The monoisotopic (exact) mass is 286 g/mol. The van der Waals surface area contributed by atoms with Crippen LogP contribution in [0.4, 0.5) is 5.69 Å². The first kappa shape index (κ1) is 13.4. The van der Waals surface area contributed by atoms with E-state index >= 15 is 0 Å². The highest BCUT2D eigenvalue weighted by atomic mass is 16.5. The van der Waals surface area contributed by atoms with Gasteiger partial charge < -0.3 is 20.4 Å². The molecule has 1 aromatic carbocycles. The van der Waals surface area contributed by atoms with Crippen molar-refractivity contribution >= 4 is 11.6 Å². The van der Waals surface area contributed by atoms with Crippen LogP contribution >= 0.6 is 0 Å². The first-order valence-electron chi connectivity index (χ1n) is 6.88. The Hall–Kier alpha value is -2.57. The Morgan fingerprint density at radius 3 is 2.95 bits per heavy atom. The van der Waals surface area contributed by atoms with E-state index in [-0.39, 0.29) is 0 Å². The topological polar surface area (TPSA) is 90.3 Å². The van der Waals surface area contributed by atoms with E-state index < -0.39 is 0 Å². The highest BCUT2D eigenvalue weighted by Gasteiger charge is 2.16. The third-order valence-electron chi connectivity index (χ3n) is 3.44. The van der Waals surface area contributed by atoms with Gasteiger partial charge in [0.25, 0.3) is 0 Å². The molecule has 0 saturated heterocycles. The fourth-order valence-electron chi connectivity index (χ4n) is 2.35. The van der Waals surface area contributed by atoms with Crippen molar-refractivity contribution in [2.45, 2.75) is 25.9 Å². The lowest BCUT2D eigenvalue weighted by Crippen LogP contribution is -2.22. The number of hydrogen-bond acceptors (Lipinski definition) is 4. The Labute approximate surface area is 122 Å². The smallest absolute Gasteiger partial charge is 0.193 e. The van der Waals surface area contributed by atoms with Gasteiger partial charge in [-0.25, -0.2) is 4.99 Å². The maximum Gasteiger partial charge on any atom is 0.193 e. The molecule has 0 unspecified atom stereocenters. The second-order valence-electron chi connectivity index (χ2n) is 4.84. The number of nitrogens with one attached hydrogen (secondary N) is 1. The summed E-state index contributed by atoms with van der Waals surface area (Å²) in [7, 11) is 1.63. The van der Waals surface area contributed by atoms with Gasteiger partial charge in [0.05, 0.1) is 7.11 Å². The van der Waals surface area contributed by atoms with E-state index in [1.807, 2.05) is 24.3 Å². The van der Waals surface area contributed by atoms with E-state index in [9.17, 15) is 0 Å².